The number of ether oxygens (including phenoxy) is 1. The van der Waals surface area contributed by atoms with Crippen molar-refractivity contribution in [1.29, 1.82) is 0 Å². The minimum Gasteiger partial charge on any atom is -0.446 e. The number of carbonyl (C=O) groups excluding carboxylic acids is 2. The number of nitrogens with one attached hydrogen (secondary N) is 1. The molecule has 0 aromatic heterocycles. The minimum atomic E-state index is -0.260. The Hall–Kier alpha value is -1.26. The van der Waals surface area contributed by atoms with E-state index in [2.05, 4.69) is 10.2 Å². The molecule has 4 aliphatic rings. The van der Waals surface area contributed by atoms with E-state index < -0.39 is 0 Å². The molecular formula is C18H28N2O3. The molecule has 1 N–H and O–H groups in total. The summed E-state index contributed by atoms with van der Waals surface area (Å²) in [6.45, 7) is 0.900. The van der Waals surface area contributed by atoms with Crippen molar-refractivity contribution >= 4 is 12.0 Å². The van der Waals surface area contributed by atoms with Gasteiger partial charge in [-0.25, -0.2) is 4.79 Å². The molecule has 0 radical (unpaired) electrons. The molecule has 0 spiro atoms. The fourth-order valence-corrected chi connectivity index (χ4v) is 5.27. The molecule has 2 amide bonds. The summed E-state index contributed by atoms with van der Waals surface area (Å²) in [5, 5.41) is 3.05. The highest BCUT2D eigenvalue weighted by Crippen LogP contribution is 2.45. The molecule has 128 valence electrons. The molecule has 2 saturated carbocycles. The summed E-state index contributed by atoms with van der Waals surface area (Å²) >= 11 is 0. The van der Waals surface area contributed by atoms with Crippen LogP contribution in [-0.2, 0) is 9.53 Å². The van der Waals surface area contributed by atoms with Gasteiger partial charge in [-0.15, -0.1) is 0 Å². The lowest BCUT2D eigenvalue weighted by Gasteiger charge is -2.43. The standard InChI is InChI=1S/C18H28N2O3/c21-17-12-10-14(15-8-4-5-9-20(15)17)16(11-12)23-18(22)19-13-6-2-1-3-7-13/h12-16H,1-11H2,(H,19,22)/t12-,14-,15-,16-/m1/s1. The highest BCUT2D eigenvalue weighted by atomic mass is 16.6. The van der Waals surface area contributed by atoms with Crippen LogP contribution >= 0.6 is 0 Å². The van der Waals surface area contributed by atoms with Crippen molar-refractivity contribution in [1.82, 2.24) is 10.2 Å². The van der Waals surface area contributed by atoms with Gasteiger partial charge in [0.15, 0.2) is 0 Å². The van der Waals surface area contributed by atoms with E-state index in [1.807, 2.05) is 0 Å². The first-order valence-corrected chi connectivity index (χ1v) is 9.50. The molecule has 2 aliphatic heterocycles. The lowest BCUT2D eigenvalue weighted by atomic mass is 9.84. The Kier molecular flexibility index (Phi) is 4.20. The molecule has 2 saturated heterocycles. The molecule has 5 heteroatoms. The molecule has 2 bridgehead atoms. The minimum absolute atomic E-state index is 0.0689. The smallest absolute Gasteiger partial charge is 0.407 e. The third-order valence-corrected chi connectivity index (χ3v) is 6.41. The van der Waals surface area contributed by atoms with E-state index in [0.717, 1.165) is 45.1 Å². The Morgan fingerprint density at radius 2 is 1.83 bits per heavy atom. The highest BCUT2D eigenvalue weighted by Gasteiger charge is 2.52. The van der Waals surface area contributed by atoms with Gasteiger partial charge < -0.3 is 15.0 Å². The average Bonchev–Trinajstić information content (AvgIpc) is 2.94. The van der Waals surface area contributed by atoms with Crippen LogP contribution in [0.25, 0.3) is 0 Å². The molecule has 2 heterocycles. The van der Waals surface area contributed by atoms with E-state index >= 15 is 0 Å². The van der Waals surface area contributed by atoms with E-state index in [0.29, 0.717) is 17.9 Å². The zero-order chi connectivity index (χ0) is 15.8. The zero-order valence-corrected chi connectivity index (χ0v) is 13.8. The summed E-state index contributed by atoms with van der Waals surface area (Å²) in [5.41, 5.74) is 0. The number of nitrogens with zero attached hydrogens (tertiary/aromatic N) is 1. The van der Waals surface area contributed by atoms with Crippen molar-refractivity contribution < 1.29 is 14.3 Å². The summed E-state index contributed by atoms with van der Waals surface area (Å²) in [7, 11) is 0. The van der Waals surface area contributed by atoms with Crippen LogP contribution in [0.3, 0.4) is 0 Å². The Labute approximate surface area is 138 Å². The lowest BCUT2D eigenvalue weighted by Crippen LogP contribution is -2.53. The Morgan fingerprint density at radius 3 is 2.65 bits per heavy atom. The van der Waals surface area contributed by atoms with Gasteiger partial charge in [0.1, 0.15) is 6.10 Å². The van der Waals surface area contributed by atoms with Crippen LogP contribution < -0.4 is 5.32 Å². The number of hydrogen-bond acceptors (Lipinski definition) is 3. The van der Waals surface area contributed by atoms with Crippen molar-refractivity contribution in [2.24, 2.45) is 11.8 Å². The van der Waals surface area contributed by atoms with Gasteiger partial charge in [-0.3, -0.25) is 4.79 Å². The average molecular weight is 320 g/mol. The van der Waals surface area contributed by atoms with Gasteiger partial charge >= 0.3 is 6.09 Å². The first-order chi connectivity index (χ1) is 11.2. The first-order valence-electron chi connectivity index (χ1n) is 9.50. The number of hydrogen-bond donors (Lipinski definition) is 1. The Balaban J connectivity index is 1.38. The predicted molar refractivity (Wildman–Crippen MR) is 85.8 cm³/mol. The quantitative estimate of drug-likeness (QED) is 0.851. The number of rotatable bonds is 2. The third-order valence-electron chi connectivity index (χ3n) is 6.41. The second kappa shape index (κ2) is 6.33. The number of alkyl carbamates (subject to hydrolysis) is 1. The van der Waals surface area contributed by atoms with Crippen LogP contribution in [0.15, 0.2) is 0 Å². The second-order valence-corrected chi connectivity index (χ2v) is 7.85. The van der Waals surface area contributed by atoms with E-state index in [1.165, 1.54) is 25.7 Å². The molecule has 0 unspecified atom stereocenters. The fourth-order valence-electron chi connectivity index (χ4n) is 5.27. The lowest BCUT2D eigenvalue weighted by molar-refractivity contribution is -0.143. The SMILES string of the molecule is O=C(NC1CCCCC1)O[C@@H]1C[C@H]2C[C@@H]1[C@H]1CCCCN1C2=O. The maximum absolute atomic E-state index is 12.5. The normalized spacial score (nSPS) is 37.4. The largest absolute Gasteiger partial charge is 0.446 e. The van der Waals surface area contributed by atoms with Crippen molar-refractivity contribution in [3.05, 3.63) is 0 Å². The predicted octanol–water partition coefficient (Wildman–Crippen LogP) is 2.83. The number of fused-ring (bicyclic) bond motifs is 4. The molecule has 4 rings (SSSR count). The fraction of sp³-hybridized carbons (Fsp3) is 0.889. The van der Waals surface area contributed by atoms with Gasteiger partial charge in [0.05, 0.1) is 0 Å². The molecule has 4 atom stereocenters. The van der Waals surface area contributed by atoms with Crippen LogP contribution in [0.2, 0.25) is 0 Å². The maximum atomic E-state index is 12.5. The highest BCUT2D eigenvalue weighted by molar-refractivity contribution is 5.81. The summed E-state index contributed by atoms with van der Waals surface area (Å²) < 4.78 is 5.80. The van der Waals surface area contributed by atoms with Crippen molar-refractivity contribution in [2.45, 2.75) is 82.4 Å². The summed E-state index contributed by atoms with van der Waals surface area (Å²) in [6, 6.07) is 0.590. The topological polar surface area (TPSA) is 58.6 Å². The third kappa shape index (κ3) is 2.94. The van der Waals surface area contributed by atoms with Gasteiger partial charge in [0, 0.05) is 30.5 Å². The Morgan fingerprint density at radius 1 is 1.04 bits per heavy atom. The van der Waals surface area contributed by atoms with Gasteiger partial charge in [-0.2, -0.15) is 0 Å². The van der Waals surface area contributed by atoms with Crippen LogP contribution in [0.1, 0.15) is 64.2 Å². The second-order valence-electron chi connectivity index (χ2n) is 7.85. The van der Waals surface area contributed by atoms with Gasteiger partial charge in [-0.1, -0.05) is 19.3 Å². The molecule has 5 nitrogen and oxygen atoms in total. The number of carbonyl (C=O) groups is 2. The molecule has 2 aliphatic carbocycles. The van der Waals surface area contributed by atoms with Gasteiger partial charge in [-0.05, 0) is 44.9 Å². The summed E-state index contributed by atoms with van der Waals surface area (Å²) in [5.74, 6) is 0.752. The number of amides is 2. The Bertz CT molecular complexity index is 475. The first kappa shape index (κ1) is 15.3. The summed E-state index contributed by atoms with van der Waals surface area (Å²) in [4.78, 5) is 26.9. The van der Waals surface area contributed by atoms with E-state index in [1.54, 1.807) is 0 Å². The molecule has 0 aromatic carbocycles. The summed E-state index contributed by atoms with van der Waals surface area (Å²) in [6.07, 6.45) is 10.5. The van der Waals surface area contributed by atoms with Crippen LogP contribution in [0, 0.1) is 11.8 Å². The monoisotopic (exact) mass is 320 g/mol. The van der Waals surface area contributed by atoms with Crippen molar-refractivity contribution in [3.8, 4) is 0 Å². The zero-order valence-electron chi connectivity index (χ0n) is 13.8. The van der Waals surface area contributed by atoms with Crippen LogP contribution in [0.5, 0.6) is 0 Å². The van der Waals surface area contributed by atoms with Crippen molar-refractivity contribution in [3.63, 3.8) is 0 Å². The number of piperidine rings is 2. The van der Waals surface area contributed by atoms with E-state index in [-0.39, 0.29) is 24.2 Å². The molecule has 4 fully saturated rings. The van der Waals surface area contributed by atoms with Crippen LogP contribution in [-0.4, -0.2) is 41.6 Å². The van der Waals surface area contributed by atoms with Gasteiger partial charge in [0.25, 0.3) is 0 Å². The van der Waals surface area contributed by atoms with Crippen molar-refractivity contribution in [2.75, 3.05) is 6.54 Å². The molecule has 0 aromatic rings. The molecule has 23 heavy (non-hydrogen) atoms. The maximum Gasteiger partial charge on any atom is 0.407 e. The molecular weight excluding hydrogens is 292 g/mol. The van der Waals surface area contributed by atoms with Crippen LogP contribution in [0.4, 0.5) is 4.79 Å². The van der Waals surface area contributed by atoms with Gasteiger partial charge in [0.2, 0.25) is 5.91 Å². The van der Waals surface area contributed by atoms with E-state index in [4.69, 9.17) is 4.74 Å². The van der Waals surface area contributed by atoms with E-state index in [9.17, 15) is 9.59 Å².